The Morgan fingerprint density at radius 3 is 2.60 bits per heavy atom. The third-order valence-corrected chi connectivity index (χ3v) is 8.64. The van der Waals surface area contributed by atoms with Crippen molar-refractivity contribution in [2.24, 2.45) is 34.5 Å². The minimum Gasteiger partial charge on any atom is -0.393 e. The Morgan fingerprint density at radius 1 is 1.24 bits per heavy atom. The molecule has 9 atom stereocenters. The molecule has 3 nitrogen and oxygen atoms in total. The molecule has 4 rings (SSSR count). The quantitative estimate of drug-likeness (QED) is 0.684. The molecular formula is C20H28ClFO3. The van der Waals surface area contributed by atoms with E-state index in [1.165, 1.54) is 0 Å². The first-order chi connectivity index (χ1) is 11.6. The minimum atomic E-state index is -1.23. The summed E-state index contributed by atoms with van der Waals surface area (Å²) < 4.78 is 15.2. The maximum absolute atomic E-state index is 15.2. The smallest absolute Gasteiger partial charge is 0.174 e. The fourth-order valence-corrected chi connectivity index (χ4v) is 7.57. The number of alkyl halides is 1. The minimum absolute atomic E-state index is 0.0229. The van der Waals surface area contributed by atoms with Crippen LogP contribution in [0.2, 0.25) is 0 Å². The van der Waals surface area contributed by atoms with Gasteiger partial charge in [0.2, 0.25) is 0 Å². The van der Waals surface area contributed by atoms with E-state index in [9.17, 15) is 15.0 Å². The van der Waals surface area contributed by atoms with Crippen LogP contribution in [0.3, 0.4) is 0 Å². The SMILES string of the molecule is C[C@@H]1C[C@H]2[C@@H]3C[C@H](F)C4=C(Cl)C(=O)CC[C@]4(C)[C@H]3[C@@H](O)C[C@]2(C)[C@@H]1O. The highest BCUT2D eigenvalue weighted by Gasteiger charge is 2.65. The van der Waals surface area contributed by atoms with Gasteiger partial charge in [-0.05, 0) is 65.8 Å². The van der Waals surface area contributed by atoms with Crippen molar-refractivity contribution in [3.8, 4) is 0 Å². The zero-order valence-electron chi connectivity index (χ0n) is 15.1. The number of Topliss-reactive ketones (excluding diaryl/α,β-unsaturated/α-hetero) is 1. The van der Waals surface area contributed by atoms with E-state index in [-0.39, 0.29) is 39.9 Å². The van der Waals surface area contributed by atoms with Crippen LogP contribution in [-0.4, -0.2) is 34.4 Å². The van der Waals surface area contributed by atoms with Crippen molar-refractivity contribution in [2.45, 2.75) is 71.3 Å². The fraction of sp³-hybridized carbons (Fsp3) is 0.850. The van der Waals surface area contributed by atoms with E-state index in [1.54, 1.807) is 0 Å². The predicted octanol–water partition coefficient (Wildman–Crippen LogP) is 3.61. The molecule has 3 fully saturated rings. The summed E-state index contributed by atoms with van der Waals surface area (Å²) in [5.41, 5.74) is -0.489. The molecule has 4 aliphatic carbocycles. The van der Waals surface area contributed by atoms with Gasteiger partial charge in [0.25, 0.3) is 0 Å². The zero-order chi connectivity index (χ0) is 18.3. The van der Waals surface area contributed by atoms with E-state index in [4.69, 9.17) is 11.6 Å². The highest BCUT2D eigenvalue weighted by molar-refractivity contribution is 6.43. The van der Waals surface area contributed by atoms with Gasteiger partial charge in [-0.1, -0.05) is 32.4 Å². The molecule has 3 saturated carbocycles. The summed E-state index contributed by atoms with van der Waals surface area (Å²) in [6.45, 7) is 6.10. The van der Waals surface area contributed by atoms with Gasteiger partial charge in [-0.3, -0.25) is 4.79 Å². The number of carbonyl (C=O) groups is 1. The predicted molar refractivity (Wildman–Crippen MR) is 93.7 cm³/mol. The fourth-order valence-electron chi connectivity index (χ4n) is 7.14. The van der Waals surface area contributed by atoms with Gasteiger partial charge in [-0.2, -0.15) is 0 Å². The summed E-state index contributed by atoms with van der Waals surface area (Å²) in [6, 6.07) is 0. The molecule has 0 aromatic rings. The van der Waals surface area contributed by atoms with Crippen LogP contribution in [0.5, 0.6) is 0 Å². The lowest BCUT2D eigenvalue weighted by molar-refractivity contribution is -0.150. The first kappa shape index (κ1) is 17.9. The summed E-state index contributed by atoms with van der Waals surface area (Å²) in [4.78, 5) is 12.0. The van der Waals surface area contributed by atoms with Gasteiger partial charge >= 0.3 is 0 Å². The number of carbonyl (C=O) groups excluding carboxylic acids is 1. The topological polar surface area (TPSA) is 57.5 Å². The number of ketones is 1. The van der Waals surface area contributed by atoms with Crippen LogP contribution in [0.25, 0.3) is 0 Å². The van der Waals surface area contributed by atoms with Crippen molar-refractivity contribution < 1.29 is 19.4 Å². The van der Waals surface area contributed by atoms with Crippen molar-refractivity contribution in [3.63, 3.8) is 0 Å². The molecule has 2 N–H and O–H groups in total. The van der Waals surface area contributed by atoms with Gasteiger partial charge < -0.3 is 10.2 Å². The maximum Gasteiger partial charge on any atom is 0.174 e. The van der Waals surface area contributed by atoms with Crippen molar-refractivity contribution in [3.05, 3.63) is 10.6 Å². The number of fused-ring (bicyclic) bond motifs is 5. The number of allylic oxidation sites excluding steroid dienone is 1. The number of halogens is 2. The normalized spacial score (nSPS) is 55.6. The molecule has 5 heteroatoms. The second kappa shape index (κ2) is 5.53. The molecule has 0 aromatic carbocycles. The molecule has 0 spiro atoms. The van der Waals surface area contributed by atoms with E-state index in [0.29, 0.717) is 31.3 Å². The van der Waals surface area contributed by atoms with Crippen molar-refractivity contribution in [1.29, 1.82) is 0 Å². The number of hydrogen-bond donors (Lipinski definition) is 2. The summed E-state index contributed by atoms with van der Waals surface area (Å²) in [6.07, 6.45) is 0.306. The first-order valence-corrected chi connectivity index (χ1v) is 9.92. The van der Waals surface area contributed by atoms with Crippen molar-refractivity contribution in [2.75, 3.05) is 0 Å². The van der Waals surface area contributed by atoms with Gasteiger partial charge in [0.1, 0.15) is 6.17 Å². The summed E-state index contributed by atoms with van der Waals surface area (Å²) in [5.74, 6) is 0.135. The van der Waals surface area contributed by atoms with E-state index in [0.717, 1.165) is 6.42 Å². The number of aliphatic hydroxyl groups is 2. The molecule has 0 aromatic heterocycles. The van der Waals surface area contributed by atoms with E-state index >= 15 is 4.39 Å². The molecule has 0 bridgehead atoms. The molecule has 4 aliphatic rings. The lowest BCUT2D eigenvalue weighted by atomic mass is 9.46. The maximum atomic E-state index is 15.2. The van der Waals surface area contributed by atoms with Crippen LogP contribution in [-0.2, 0) is 4.79 Å². The molecule has 0 unspecified atom stereocenters. The third-order valence-electron chi connectivity index (χ3n) is 8.23. The standard InChI is InChI=1S/C20H28ClFO3/c1-9-6-11-10-7-12(22)16-17(21)13(23)4-5-19(16,2)15(10)14(24)8-20(11,3)18(9)25/h9-12,14-15,18,24-25H,4-8H2,1-3H3/t9-,10+,11+,12+,14+,15-,18-,19-,20+/m1/s1. The third kappa shape index (κ3) is 2.20. The molecule has 0 heterocycles. The van der Waals surface area contributed by atoms with Gasteiger partial charge in [0.05, 0.1) is 17.2 Å². The Labute approximate surface area is 153 Å². The van der Waals surface area contributed by atoms with Crippen LogP contribution < -0.4 is 0 Å². The molecule has 140 valence electrons. The molecule has 0 radical (unpaired) electrons. The van der Waals surface area contributed by atoms with E-state index in [2.05, 4.69) is 13.8 Å². The summed E-state index contributed by atoms with van der Waals surface area (Å²) >= 11 is 6.26. The molecule has 0 saturated heterocycles. The highest BCUT2D eigenvalue weighted by Crippen LogP contribution is 2.67. The Balaban J connectivity index is 1.81. The van der Waals surface area contributed by atoms with Crippen LogP contribution in [0, 0.1) is 34.5 Å². The number of hydrogen-bond acceptors (Lipinski definition) is 3. The molecule has 25 heavy (non-hydrogen) atoms. The van der Waals surface area contributed by atoms with Crippen LogP contribution in [0.1, 0.15) is 52.9 Å². The molecular weight excluding hydrogens is 343 g/mol. The van der Waals surface area contributed by atoms with E-state index in [1.807, 2.05) is 6.92 Å². The number of rotatable bonds is 0. The Bertz CT molecular complexity index is 649. The number of aliphatic hydroxyl groups excluding tert-OH is 2. The van der Waals surface area contributed by atoms with Gasteiger partial charge in [-0.15, -0.1) is 0 Å². The van der Waals surface area contributed by atoms with Crippen LogP contribution in [0.15, 0.2) is 10.6 Å². The molecule has 0 amide bonds. The highest BCUT2D eigenvalue weighted by atomic mass is 35.5. The Hall–Kier alpha value is -0.450. The van der Waals surface area contributed by atoms with Crippen LogP contribution in [0.4, 0.5) is 4.39 Å². The van der Waals surface area contributed by atoms with Gasteiger partial charge in [-0.25, -0.2) is 4.39 Å². The summed E-state index contributed by atoms with van der Waals surface area (Å²) in [7, 11) is 0. The second-order valence-electron chi connectivity index (χ2n) is 9.50. The monoisotopic (exact) mass is 370 g/mol. The largest absolute Gasteiger partial charge is 0.393 e. The van der Waals surface area contributed by atoms with Crippen molar-refractivity contribution in [1.82, 2.24) is 0 Å². The average Bonchev–Trinajstić information content (AvgIpc) is 2.75. The van der Waals surface area contributed by atoms with Gasteiger partial charge in [0, 0.05) is 6.42 Å². The van der Waals surface area contributed by atoms with E-state index < -0.39 is 23.8 Å². The average molecular weight is 371 g/mol. The molecule has 0 aliphatic heterocycles. The van der Waals surface area contributed by atoms with Gasteiger partial charge in [0.15, 0.2) is 5.78 Å². The lowest BCUT2D eigenvalue weighted by Crippen LogP contribution is -2.59. The Morgan fingerprint density at radius 2 is 1.92 bits per heavy atom. The Kier molecular flexibility index (Phi) is 3.97. The zero-order valence-corrected chi connectivity index (χ0v) is 15.9. The summed E-state index contributed by atoms with van der Waals surface area (Å²) in [5, 5.41) is 21.9. The second-order valence-corrected chi connectivity index (χ2v) is 9.88. The first-order valence-electron chi connectivity index (χ1n) is 9.55. The van der Waals surface area contributed by atoms with Crippen LogP contribution >= 0.6 is 11.6 Å². The lowest BCUT2D eigenvalue weighted by Gasteiger charge is -2.60. The van der Waals surface area contributed by atoms with Crippen molar-refractivity contribution >= 4 is 17.4 Å².